The maximum atomic E-state index is 13.4. The van der Waals surface area contributed by atoms with E-state index in [1.165, 1.54) is 5.56 Å². The van der Waals surface area contributed by atoms with Gasteiger partial charge in [0.25, 0.3) is 5.91 Å². The number of para-hydroxylation sites is 1. The normalized spacial score (nSPS) is 11.0. The van der Waals surface area contributed by atoms with Crippen molar-refractivity contribution in [3.63, 3.8) is 0 Å². The predicted octanol–water partition coefficient (Wildman–Crippen LogP) is 5.41. The van der Waals surface area contributed by atoms with Gasteiger partial charge in [-0.05, 0) is 37.1 Å². The fourth-order valence-electron chi connectivity index (χ4n) is 4.02. The smallest absolute Gasteiger partial charge is 0.258 e. The summed E-state index contributed by atoms with van der Waals surface area (Å²) in [6, 6.07) is 25.8. The Bertz CT molecular complexity index is 1460. The molecule has 6 heteroatoms. The molecule has 5 rings (SSSR count). The van der Waals surface area contributed by atoms with Gasteiger partial charge in [-0.2, -0.15) is 0 Å². The Hall–Kier alpha value is -4.32. The molecule has 5 aromatic rings. The van der Waals surface area contributed by atoms with E-state index >= 15 is 0 Å². The summed E-state index contributed by atoms with van der Waals surface area (Å²) < 4.78 is 1.82. The summed E-state index contributed by atoms with van der Waals surface area (Å²) in [6.45, 7) is 4.69. The number of aromatic nitrogens is 4. The minimum absolute atomic E-state index is 0.248. The Balaban J connectivity index is 1.52. The van der Waals surface area contributed by atoms with Gasteiger partial charge in [0.05, 0.1) is 23.3 Å². The molecule has 2 aromatic heterocycles. The number of fused-ring (bicyclic) bond motifs is 1. The van der Waals surface area contributed by atoms with Gasteiger partial charge in [0.1, 0.15) is 6.33 Å². The first-order valence-corrected chi connectivity index (χ1v) is 10.8. The average Bonchev–Trinajstić information content (AvgIpc) is 3.25. The van der Waals surface area contributed by atoms with Gasteiger partial charge in [-0.25, -0.2) is 4.98 Å². The third-order valence-electron chi connectivity index (χ3n) is 5.66. The highest BCUT2D eigenvalue weighted by atomic mass is 16.1. The molecule has 33 heavy (non-hydrogen) atoms. The van der Waals surface area contributed by atoms with E-state index in [9.17, 15) is 4.79 Å². The SMILES string of the molecule is Cc1ccc(-c2cc(C(=O)Nc3nncn3Cc3ccccc3)c3ccccc3n2)c(C)c1. The van der Waals surface area contributed by atoms with Crippen molar-refractivity contribution in [1.29, 1.82) is 0 Å². The molecular weight excluding hydrogens is 410 g/mol. The van der Waals surface area contributed by atoms with E-state index in [2.05, 4.69) is 47.6 Å². The zero-order chi connectivity index (χ0) is 22.8. The van der Waals surface area contributed by atoms with Gasteiger partial charge in [0.2, 0.25) is 5.95 Å². The number of benzene rings is 3. The first-order chi connectivity index (χ1) is 16.1. The van der Waals surface area contributed by atoms with Crippen LogP contribution in [0.5, 0.6) is 0 Å². The maximum absolute atomic E-state index is 13.4. The van der Waals surface area contributed by atoms with Crippen molar-refractivity contribution in [3.8, 4) is 11.3 Å². The van der Waals surface area contributed by atoms with Crippen molar-refractivity contribution >= 4 is 22.8 Å². The second-order valence-electron chi connectivity index (χ2n) is 8.11. The Morgan fingerprint density at radius 1 is 0.939 bits per heavy atom. The number of nitrogens with one attached hydrogen (secondary N) is 1. The number of carbonyl (C=O) groups is 1. The number of nitrogens with zero attached hydrogens (tertiary/aromatic N) is 4. The number of aryl methyl sites for hydroxylation is 2. The fraction of sp³-hybridized carbons (Fsp3) is 0.111. The molecule has 0 spiro atoms. The third kappa shape index (κ3) is 4.23. The molecule has 1 N–H and O–H groups in total. The first kappa shape index (κ1) is 20.6. The minimum Gasteiger partial charge on any atom is -0.295 e. The van der Waals surface area contributed by atoms with Crippen LogP contribution in [0.1, 0.15) is 27.0 Å². The zero-order valence-corrected chi connectivity index (χ0v) is 18.5. The van der Waals surface area contributed by atoms with Gasteiger partial charge in [-0.15, -0.1) is 10.2 Å². The molecule has 3 aromatic carbocycles. The quantitative estimate of drug-likeness (QED) is 0.402. The molecule has 0 radical (unpaired) electrons. The molecule has 0 saturated heterocycles. The van der Waals surface area contributed by atoms with Gasteiger partial charge in [-0.3, -0.25) is 14.7 Å². The molecule has 0 aliphatic carbocycles. The van der Waals surface area contributed by atoms with Crippen LogP contribution < -0.4 is 5.32 Å². The Kier molecular flexibility index (Phi) is 5.40. The van der Waals surface area contributed by atoms with E-state index < -0.39 is 0 Å². The van der Waals surface area contributed by atoms with Crippen molar-refractivity contribution in [3.05, 3.63) is 107 Å². The summed E-state index contributed by atoms with van der Waals surface area (Å²) >= 11 is 0. The van der Waals surface area contributed by atoms with Crippen LogP contribution in [0.25, 0.3) is 22.2 Å². The van der Waals surface area contributed by atoms with Crippen LogP contribution in [0.2, 0.25) is 0 Å². The van der Waals surface area contributed by atoms with Crippen molar-refractivity contribution < 1.29 is 4.79 Å². The van der Waals surface area contributed by atoms with Crippen LogP contribution in [-0.4, -0.2) is 25.7 Å². The summed E-state index contributed by atoms with van der Waals surface area (Å²) in [5, 5.41) is 11.9. The minimum atomic E-state index is -0.248. The average molecular weight is 434 g/mol. The number of hydrogen-bond donors (Lipinski definition) is 1. The molecular formula is C27H23N5O. The number of pyridine rings is 1. The van der Waals surface area contributed by atoms with Gasteiger partial charge >= 0.3 is 0 Å². The van der Waals surface area contributed by atoms with Crippen LogP contribution in [0.15, 0.2) is 85.2 Å². The molecule has 162 valence electrons. The molecule has 0 aliphatic heterocycles. The molecule has 6 nitrogen and oxygen atoms in total. The highest BCUT2D eigenvalue weighted by Gasteiger charge is 2.17. The van der Waals surface area contributed by atoms with Crippen molar-refractivity contribution in [1.82, 2.24) is 19.7 Å². The fourth-order valence-corrected chi connectivity index (χ4v) is 4.02. The van der Waals surface area contributed by atoms with Gasteiger partial charge in [0.15, 0.2) is 0 Å². The Labute approximate surface area is 192 Å². The molecule has 0 bridgehead atoms. The molecule has 0 fully saturated rings. The van der Waals surface area contributed by atoms with Crippen LogP contribution in [0, 0.1) is 13.8 Å². The summed E-state index contributed by atoms with van der Waals surface area (Å²) in [7, 11) is 0. The van der Waals surface area contributed by atoms with Gasteiger partial charge in [0, 0.05) is 10.9 Å². The Morgan fingerprint density at radius 3 is 2.55 bits per heavy atom. The summed E-state index contributed by atoms with van der Waals surface area (Å²) in [5.74, 6) is 0.153. The number of carbonyl (C=O) groups excluding carboxylic acids is 1. The molecule has 0 unspecified atom stereocenters. The zero-order valence-electron chi connectivity index (χ0n) is 18.5. The molecule has 1 amide bonds. The lowest BCUT2D eigenvalue weighted by molar-refractivity contribution is 0.102. The molecule has 0 saturated carbocycles. The van der Waals surface area contributed by atoms with E-state index in [4.69, 9.17) is 4.98 Å². The van der Waals surface area contributed by atoms with Crippen molar-refractivity contribution in [2.75, 3.05) is 5.32 Å². The largest absolute Gasteiger partial charge is 0.295 e. The van der Waals surface area contributed by atoms with E-state index in [1.807, 2.05) is 65.2 Å². The standard InChI is InChI=1S/C27H23N5O/c1-18-12-13-21(19(2)14-18)25-15-23(22-10-6-7-11-24(22)29-25)26(33)30-27-31-28-17-32(27)16-20-8-4-3-5-9-20/h3-15,17H,16H2,1-2H3,(H,30,31,33). The van der Waals surface area contributed by atoms with Crippen LogP contribution in [0.4, 0.5) is 5.95 Å². The van der Waals surface area contributed by atoms with Crippen molar-refractivity contribution in [2.45, 2.75) is 20.4 Å². The van der Waals surface area contributed by atoms with E-state index in [0.29, 0.717) is 18.1 Å². The number of rotatable bonds is 5. The van der Waals surface area contributed by atoms with Gasteiger partial charge in [-0.1, -0.05) is 72.3 Å². The topological polar surface area (TPSA) is 72.7 Å². The summed E-state index contributed by atoms with van der Waals surface area (Å²) in [5.41, 5.74) is 6.49. The van der Waals surface area contributed by atoms with E-state index in [-0.39, 0.29) is 5.91 Å². The molecule has 0 aliphatic rings. The lowest BCUT2D eigenvalue weighted by atomic mass is 9.99. The van der Waals surface area contributed by atoms with E-state index in [0.717, 1.165) is 33.3 Å². The Morgan fingerprint density at radius 2 is 1.73 bits per heavy atom. The number of amides is 1. The second-order valence-corrected chi connectivity index (χ2v) is 8.11. The highest BCUT2D eigenvalue weighted by molar-refractivity contribution is 6.12. The molecule has 2 heterocycles. The molecule has 0 atom stereocenters. The van der Waals surface area contributed by atoms with Crippen molar-refractivity contribution in [2.24, 2.45) is 0 Å². The monoisotopic (exact) mass is 433 g/mol. The van der Waals surface area contributed by atoms with E-state index in [1.54, 1.807) is 6.33 Å². The van der Waals surface area contributed by atoms with Gasteiger partial charge < -0.3 is 0 Å². The van der Waals surface area contributed by atoms with Crippen LogP contribution in [0.3, 0.4) is 0 Å². The second kappa shape index (κ2) is 8.67. The lowest BCUT2D eigenvalue weighted by Crippen LogP contribution is -2.17. The number of hydrogen-bond acceptors (Lipinski definition) is 4. The van der Waals surface area contributed by atoms with Crippen LogP contribution >= 0.6 is 0 Å². The summed E-state index contributed by atoms with van der Waals surface area (Å²) in [6.07, 6.45) is 1.62. The summed E-state index contributed by atoms with van der Waals surface area (Å²) in [4.78, 5) is 18.3. The first-order valence-electron chi connectivity index (χ1n) is 10.8. The lowest BCUT2D eigenvalue weighted by Gasteiger charge is -2.13. The number of anilines is 1. The maximum Gasteiger partial charge on any atom is 0.258 e. The highest BCUT2D eigenvalue weighted by Crippen LogP contribution is 2.28. The predicted molar refractivity (Wildman–Crippen MR) is 130 cm³/mol. The van der Waals surface area contributed by atoms with Crippen LogP contribution in [-0.2, 0) is 6.54 Å². The third-order valence-corrected chi connectivity index (χ3v) is 5.66.